The quantitative estimate of drug-likeness (QED) is 0.0360. The molecule has 15 nitrogen and oxygen atoms in total. The predicted molar refractivity (Wildman–Crippen MR) is 304 cm³/mol. The van der Waals surface area contributed by atoms with Gasteiger partial charge in [0, 0.05) is 57.2 Å². The monoisotopic (exact) mass is 1100 g/mol. The van der Waals surface area contributed by atoms with E-state index in [1.807, 2.05) is 25.9 Å². The molecule has 0 radical (unpaired) electrons. The number of ether oxygens (including phenoxy) is 5. The second-order valence-corrected chi connectivity index (χ2v) is 26.5. The van der Waals surface area contributed by atoms with E-state index in [1.54, 1.807) is 6.92 Å². The molecule has 0 saturated heterocycles. The number of rotatable bonds is 35. The fourth-order valence-electron chi connectivity index (χ4n) is 11.8. The van der Waals surface area contributed by atoms with E-state index in [1.165, 1.54) is 56.3 Å². The van der Waals surface area contributed by atoms with Gasteiger partial charge in [0.25, 0.3) is 0 Å². The van der Waals surface area contributed by atoms with Crippen molar-refractivity contribution in [3.05, 3.63) is 0 Å². The van der Waals surface area contributed by atoms with Crippen LogP contribution in [-0.4, -0.2) is 125 Å². The fraction of sp³-hybridized carbons (Fsp3) is 0.889. The van der Waals surface area contributed by atoms with Gasteiger partial charge in [-0.2, -0.15) is 0 Å². The zero-order valence-electron chi connectivity index (χ0n) is 50.3. The lowest BCUT2D eigenvalue weighted by atomic mass is 9.80. The van der Waals surface area contributed by atoms with Gasteiger partial charge in [-0.1, -0.05) is 137 Å². The van der Waals surface area contributed by atoms with Gasteiger partial charge in [-0.25, -0.2) is 4.79 Å². The van der Waals surface area contributed by atoms with Crippen molar-refractivity contribution in [2.45, 2.75) is 228 Å². The van der Waals surface area contributed by atoms with Crippen LogP contribution in [0, 0.1) is 58.2 Å². The Hall–Kier alpha value is -3.75. The van der Waals surface area contributed by atoms with Crippen molar-refractivity contribution < 1.29 is 57.2 Å². The van der Waals surface area contributed by atoms with Crippen molar-refractivity contribution in [1.29, 1.82) is 0 Å². The van der Waals surface area contributed by atoms with Crippen molar-refractivity contribution in [3.63, 3.8) is 0 Å². The summed E-state index contributed by atoms with van der Waals surface area (Å²) in [6, 6.07) is -0.441. The number of hydrogen-bond donors (Lipinski definition) is 1. The number of hydrogen-bond acceptors (Lipinski definition) is 13. The number of carbonyl (C=O) groups excluding carboxylic acids is 7. The largest absolute Gasteiger partial charge is 0.465 e. The molecule has 4 aliphatic rings. The number of esters is 5. The van der Waals surface area contributed by atoms with Gasteiger partial charge in [0.05, 0.1) is 31.5 Å². The standard InChI is InChI=1S/C63H109N3O12/c1-47-10-18-51(19-11-47)26-30-55(67)34-37-62(5,42-74-56(68)31-27-52-20-12-48(2)13-21-52)43-75-59(71)35-40-66(61(73)64-38-9-39-65(7)8)41-36-60(72)78-46-63(6,44-76-57(69)32-28-53-22-14-49(3)15-23-53)45-77-58(70)33-29-54-24-16-50(4)17-25-54/h47-54H,9-46H2,1-8H3,(H,64,73). The summed E-state index contributed by atoms with van der Waals surface area (Å²) in [5.41, 5.74) is -1.82. The summed E-state index contributed by atoms with van der Waals surface area (Å²) in [5.74, 6) is 3.06. The van der Waals surface area contributed by atoms with Crippen molar-refractivity contribution in [1.82, 2.24) is 15.1 Å². The zero-order valence-corrected chi connectivity index (χ0v) is 50.3. The Bertz CT molecular complexity index is 1590. The maximum Gasteiger partial charge on any atom is 0.317 e. The smallest absolute Gasteiger partial charge is 0.317 e. The van der Waals surface area contributed by atoms with Gasteiger partial charge in [0.2, 0.25) is 0 Å². The summed E-state index contributed by atoms with van der Waals surface area (Å²) in [6.45, 7) is 13.4. The van der Waals surface area contributed by atoms with Crippen LogP contribution >= 0.6 is 0 Å². The van der Waals surface area contributed by atoms with Crippen LogP contribution in [0.1, 0.15) is 228 Å². The molecule has 1 atom stereocenters. The molecule has 448 valence electrons. The van der Waals surface area contributed by atoms with Crippen LogP contribution in [0.2, 0.25) is 0 Å². The summed E-state index contributed by atoms with van der Waals surface area (Å²) in [5, 5.41) is 2.92. The Balaban J connectivity index is 1.33. The molecular formula is C63H109N3O12. The molecule has 1 unspecified atom stereocenters. The molecule has 2 amide bonds. The third kappa shape index (κ3) is 28.6. The first-order valence-electron chi connectivity index (χ1n) is 31.1. The molecule has 0 heterocycles. The van der Waals surface area contributed by atoms with Crippen LogP contribution in [0.15, 0.2) is 0 Å². The molecule has 1 N–H and O–H groups in total. The molecule has 78 heavy (non-hydrogen) atoms. The minimum atomic E-state index is -1.02. The molecule has 0 aromatic heterocycles. The van der Waals surface area contributed by atoms with Gasteiger partial charge in [-0.05, 0) is 113 Å². The summed E-state index contributed by atoms with van der Waals surface area (Å²) < 4.78 is 29.1. The lowest BCUT2D eigenvalue weighted by Crippen LogP contribution is -2.43. The van der Waals surface area contributed by atoms with Gasteiger partial charge in [0.15, 0.2) is 0 Å². The molecule has 0 aromatic carbocycles. The second-order valence-electron chi connectivity index (χ2n) is 26.5. The first-order valence-corrected chi connectivity index (χ1v) is 31.1. The van der Waals surface area contributed by atoms with Crippen molar-refractivity contribution in [2.75, 3.05) is 73.3 Å². The highest BCUT2D eigenvalue weighted by Gasteiger charge is 2.33. The topological polar surface area (TPSA) is 184 Å². The van der Waals surface area contributed by atoms with Crippen LogP contribution in [-0.2, 0) is 52.5 Å². The van der Waals surface area contributed by atoms with Crippen LogP contribution < -0.4 is 5.32 Å². The Morgan fingerprint density at radius 3 is 1.05 bits per heavy atom. The molecule has 4 saturated carbocycles. The van der Waals surface area contributed by atoms with E-state index >= 15 is 0 Å². The zero-order chi connectivity index (χ0) is 56.9. The van der Waals surface area contributed by atoms with Gasteiger partial charge < -0.3 is 38.8 Å². The molecule has 4 rings (SSSR count). The minimum absolute atomic E-state index is 0.0157. The van der Waals surface area contributed by atoms with E-state index in [2.05, 4.69) is 33.0 Å². The normalized spacial score (nSPS) is 25.1. The number of urea groups is 1. The Morgan fingerprint density at radius 1 is 0.410 bits per heavy atom. The number of Topliss-reactive ketones (excluding diaryl/α,β-unsaturated/α-hetero) is 1. The van der Waals surface area contributed by atoms with E-state index in [0.29, 0.717) is 75.2 Å². The molecule has 4 fully saturated rings. The van der Waals surface area contributed by atoms with Crippen LogP contribution in [0.4, 0.5) is 4.79 Å². The maximum absolute atomic E-state index is 13.6. The van der Waals surface area contributed by atoms with Gasteiger partial charge >= 0.3 is 35.9 Å². The molecule has 0 aliphatic heterocycles. The van der Waals surface area contributed by atoms with E-state index in [-0.39, 0.29) is 82.7 Å². The molecule has 0 bridgehead atoms. The first kappa shape index (κ1) is 66.8. The summed E-state index contributed by atoms with van der Waals surface area (Å²) in [7, 11) is 3.90. The lowest BCUT2D eigenvalue weighted by molar-refractivity contribution is -0.161. The SMILES string of the molecule is CC1CCC(CCC(=O)CCC(C)(COC(=O)CCC2CCC(C)CC2)COC(=O)CCN(CCC(=O)OCC(C)(COC(=O)CCC2CCC(C)CC2)COC(=O)CCC2CCC(C)CC2)C(=O)NCCCN(C)C)CC1. The van der Waals surface area contributed by atoms with Crippen molar-refractivity contribution in [2.24, 2.45) is 58.2 Å². The Morgan fingerprint density at radius 2 is 0.718 bits per heavy atom. The van der Waals surface area contributed by atoms with E-state index in [4.69, 9.17) is 23.7 Å². The minimum Gasteiger partial charge on any atom is -0.465 e. The van der Waals surface area contributed by atoms with Crippen LogP contribution in [0.5, 0.6) is 0 Å². The average molecular weight is 1100 g/mol. The molecule has 0 aromatic rings. The third-order valence-corrected chi connectivity index (χ3v) is 18.1. The first-order chi connectivity index (χ1) is 37.2. The van der Waals surface area contributed by atoms with E-state index in [0.717, 1.165) is 107 Å². The number of nitrogens with one attached hydrogen (secondary N) is 1. The fourth-order valence-corrected chi connectivity index (χ4v) is 11.8. The van der Waals surface area contributed by atoms with E-state index in [9.17, 15) is 33.6 Å². The van der Waals surface area contributed by atoms with Crippen LogP contribution in [0.3, 0.4) is 0 Å². The van der Waals surface area contributed by atoms with Gasteiger partial charge in [-0.3, -0.25) is 28.8 Å². The highest BCUT2D eigenvalue weighted by atomic mass is 16.6. The van der Waals surface area contributed by atoms with Gasteiger partial charge in [0.1, 0.15) is 25.6 Å². The van der Waals surface area contributed by atoms with Gasteiger partial charge in [-0.15, -0.1) is 0 Å². The van der Waals surface area contributed by atoms with Crippen molar-refractivity contribution in [3.8, 4) is 0 Å². The Kier molecular flexibility index (Phi) is 30.7. The summed E-state index contributed by atoms with van der Waals surface area (Å²) in [4.78, 5) is 96.6. The Labute approximate surface area is 471 Å². The lowest BCUT2D eigenvalue weighted by Gasteiger charge is -2.30. The number of amides is 2. The maximum atomic E-state index is 13.6. The summed E-state index contributed by atoms with van der Waals surface area (Å²) in [6.07, 6.45) is 24.2. The molecule has 4 aliphatic carbocycles. The van der Waals surface area contributed by atoms with Crippen molar-refractivity contribution >= 4 is 41.7 Å². The average Bonchev–Trinajstić information content (AvgIpc) is 3.42. The number of nitrogens with zero attached hydrogens (tertiary/aromatic N) is 2. The van der Waals surface area contributed by atoms with E-state index < -0.39 is 28.8 Å². The molecule has 0 spiro atoms. The van der Waals surface area contributed by atoms with Crippen LogP contribution in [0.25, 0.3) is 0 Å². The third-order valence-electron chi connectivity index (χ3n) is 18.1. The number of carbonyl (C=O) groups is 7. The predicted octanol–water partition coefficient (Wildman–Crippen LogP) is 12.2. The second kappa shape index (κ2) is 35.9. The highest BCUT2D eigenvalue weighted by Crippen LogP contribution is 2.35. The summed E-state index contributed by atoms with van der Waals surface area (Å²) >= 11 is 0. The molecular weight excluding hydrogens is 991 g/mol. The number of ketones is 1. The molecule has 15 heteroatoms. The highest BCUT2D eigenvalue weighted by molar-refractivity contribution is 5.78.